The minimum atomic E-state index is 0.660. The van der Waals surface area contributed by atoms with Gasteiger partial charge in [0.05, 0.1) is 33.7 Å². The van der Waals surface area contributed by atoms with Gasteiger partial charge in [-0.3, -0.25) is 0 Å². The summed E-state index contributed by atoms with van der Waals surface area (Å²) in [5, 5.41) is 15.7. The summed E-state index contributed by atoms with van der Waals surface area (Å²) in [4.78, 5) is 0. The molecule has 3 heterocycles. The van der Waals surface area contributed by atoms with Crippen LogP contribution in [0.3, 0.4) is 0 Å². The van der Waals surface area contributed by atoms with Crippen molar-refractivity contribution in [3.63, 3.8) is 0 Å². The molecule has 0 radical (unpaired) electrons. The van der Waals surface area contributed by atoms with Crippen molar-refractivity contribution in [2.45, 2.75) is 12.8 Å². The highest BCUT2D eigenvalue weighted by molar-refractivity contribution is 6.10. The highest BCUT2D eigenvalue weighted by Crippen LogP contribution is 2.40. The summed E-state index contributed by atoms with van der Waals surface area (Å²) in [6.45, 7) is 0. The molecule has 0 amide bonds. The second-order valence-electron chi connectivity index (χ2n) is 12.4. The molecule has 4 nitrogen and oxygen atoms in total. The zero-order chi connectivity index (χ0) is 31.1. The molecular formula is C43H27N3O. The van der Waals surface area contributed by atoms with Crippen molar-refractivity contribution in [3.8, 4) is 17.4 Å². The van der Waals surface area contributed by atoms with Gasteiger partial charge < -0.3 is 13.6 Å². The number of allylic oxidation sites excluding steroid dienone is 1. The van der Waals surface area contributed by atoms with Crippen LogP contribution in [-0.4, -0.2) is 9.13 Å². The van der Waals surface area contributed by atoms with E-state index in [4.69, 9.17) is 4.42 Å². The van der Waals surface area contributed by atoms with Gasteiger partial charge in [0.25, 0.3) is 0 Å². The SMILES string of the molecule is N#Cc1ccc2c3ccccc3n(-c3cccc(C4=Cc5c(oc6ccc(-n7c8ccccc8c8ccccc87)cc56)CC4)c3)c2c1. The number of para-hydroxylation sites is 3. The normalized spacial score (nSPS) is 13.0. The van der Waals surface area contributed by atoms with Crippen LogP contribution in [0.1, 0.15) is 28.9 Å². The molecule has 3 aromatic heterocycles. The number of nitriles is 1. The van der Waals surface area contributed by atoms with Crippen molar-refractivity contribution in [1.29, 1.82) is 5.26 Å². The van der Waals surface area contributed by atoms with Crippen LogP contribution in [0.2, 0.25) is 0 Å². The summed E-state index contributed by atoms with van der Waals surface area (Å²) < 4.78 is 11.1. The topological polar surface area (TPSA) is 46.8 Å². The standard InChI is InChI=1S/C43H27N3O/c44-26-27-16-19-35-34-12-3-6-15-40(34)46(41(35)22-27)30-9-7-8-28(23-30)29-17-20-42-36(24-29)37-25-31(18-21-43(37)47-42)45-38-13-4-1-10-32(38)33-11-2-5-14-39(33)45/h1-16,18-19,21-25H,17,20H2. The summed E-state index contributed by atoms with van der Waals surface area (Å²) in [7, 11) is 0. The average molecular weight is 602 g/mol. The molecule has 1 aliphatic carbocycles. The van der Waals surface area contributed by atoms with Gasteiger partial charge in [0.2, 0.25) is 0 Å². The van der Waals surface area contributed by atoms with E-state index in [9.17, 15) is 5.26 Å². The van der Waals surface area contributed by atoms with Crippen LogP contribution in [0.25, 0.3) is 77.6 Å². The molecule has 10 rings (SSSR count). The van der Waals surface area contributed by atoms with Gasteiger partial charge >= 0.3 is 0 Å². The fourth-order valence-electron chi connectivity index (χ4n) is 7.72. The van der Waals surface area contributed by atoms with Gasteiger partial charge in [-0.25, -0.2) is 0 Å². The van der Waals surface area contributed by atoms with Gasteiger partial charge in [-0.1, -0.05) is 72.8 Å². The lowest BCUT2D eigenvalue weighted by Gasteiger charge is -2.15. The van der Waals surface area contributed by atoms with Crippen LogP contribution in [0, 0.1) is 11.3 Å². The van der Waals surface area contributed by atoms with E-state index in [-0.39, 0.29) is 0 Å². The molecule has 0 unspecified atom stereocenters. The van der Waals surface area contributed by atoms with E-state index in [0.29, 0.717) is 5.56 Å². The van der Waals surface area contributed by atoms with Gasteiger partial charge in [0, 0.05) is 50.3 Å². The first-order chi connectivity index (χ1) is 23.2. The lowest BCUT2D eigenvalue weighted by molar-refractivity contribution is 0.548. The van der Waals surface area contributed by atoms with Crippen LogP contribution in [0.5, 0.6) is 0 Å². The maximum Gasteiger partial charge on any atom is 0.135 e. The number of aromatic nitrogens is 2. The van der Waals surface area contributed by atoms with E-state index < -0.39 is 0 Å². The lowest BCUT2D eigenvalue weighted by atomic mass is 9.91. The first-order valence-electron chi connectivity index (χ1n) is 16.0. The van der Waals surface area contributed by atoms with Gasteiger partial charge in [0.15, 0.2) is 0 Å². The highest BCUT2D eigenvalue weighted by atomic mass is 16.3. The zero-order valence-electron chi connectivity index (χ0n) is 25.4. The van der Waals surface area contributed by atoms with E-state index in [1.54, 1.807) is 0 Å². The Kier molecular flexibility index (Phi) is 5.44. The molecule has 4 heteroatoms. The third-order valence-corrected chi connectivity index (χ3v) is 9.84. The molecule has 0 saturated carbocycles. The Bertz CT molecular complexity index is 2760. The van der Waals surface area contributed by atoms with Crippen molar-refractivity contribution in [1.82, 2.24) is 9.13 Å². The number of hydrogen-bond donors (Lipinski definition) is 0. The number of benzene rings is 6. The second kappa shape index (κ2) is 9.84. The monoisotopic (exact) mass is 601 g/mol. The fourth-order valence-corrected chi connectivity index (χ4v) is 7.72. The molecule has 0 N–H and O–H groups in total. The zero-order valence-corrected chi connectivity index (χ0v) is 25.4. The number of hydrogen-bond acceptors (Lipinski definition) is 2. The summed E-state index contributed by atoms with van der Waals surface area (Å²) in [5.74, 6) is 1.05. The van der Waals surface area contributed by atoms with E-state index in [1.807, 2.05) is 12.1 Å². The summed E-state index contributed by atoms with van der Waals surface area (Å²) in [5.41, 5.74) is 12.0. The third-order valence-electron chi connectivity index (χ3n) is 9.84. The van der Waals surface area contributed by atoms with Gasteiger partial charge in [-0.2, -0.15) is 5.26 Å². The van der Waals surface area contributed by atoms with Gasteiger partial charge in [-0.05, 0) is 84.3 Å². The molecular weight excluding hydrogens is 574 g/mol. The smallest absolute Gasteiger partial charge is 0.135 e. The second-order valence-corrected chi connectivity index (χ2v) is 12.4. The van der Waals surface area contributed by atoms with Crippen molar-refractivity contribution in [2.75, 3.05) is 0 Å². The number of rotatable bonds is 3. The van der Waals surface area contributed by atoms with Crippen molar-refractivity contribution < 1.29 is 4.42 Å². The lowest BCUT2D eigenvalue weighted by Crippen LogP contribution is -1.99. The maximum absolute atomic E-state index is 9.67. The first-order valence-corrected chi connectivity index (χ1v) is 16.0. The van der Waals surface area contributed by atoms with Crippen LogP contribution in [0.4, 0.5) is 0 Å². The predicted molar refractivity (Wildman–Crippen MR) is 192 cm³/mol. The van der Waals surface area contributed by atoms with Gasteiger partial charge in [0.1, 0.15) is 11.3 Å². The Balaban J connectivity index is 1.12. The van der Waals surface area contributed by atoms with Crippen molar-refractivity contribution >= 4 is 66.2 Å². The molecule has 0 fully saturated rings. The molecule has 47 heavy (non-hydrogen) atoms. The molecule has 0 aliphatic heterocycles. The van der Waals surface area contributed by atoms with E-state index in [1.165, 1.54) is 43.9 Å². The summed E-state index contributed by atoms with van der Waals surface area (Å²) in [6, 6.07) is 49.4. The van der Waals surface area contributed by atoms with E-state index in [2.05, 4.69) is 143 Å². The maximum atomic E-state index is 9.67. The van der Waals surface area contributed by atoms with Crippen LogP contribution >= 0.6 is 0 Å². The fraction of sp³-hybridized carbons (Fsp3) is 0.0465. The van der Waals surface area contributed by atoms with E-state index in [0.717, 1.165) is 57.4 Å². The quantitative estimate of drug-likeness (QED) is 0.202. The Morgan fingerprint density at radius 1 is 0.532 bits per heavy atom. The van der Waals surface area contributed by atoms with Crippen molar-refractivity contribution in [2.24, 2.45) is 0 Å². The van der Waals surface area contributed by atoms with E-state index >= 15 is 0 Å². The molecule has 0 spiro atoms. The van der Waals surface area contributed by atoms with Crippen molar-refractivity contribution in [3.05, 3.63) is 156 Å². The third kappa shape index (κ3) is 3.81. The Morgan fingerprint density at radius 3 is 1.87 bits per heavy atom. The predicted octanol–water partition coefficient (Wildman–Crippen LogP) is 11.0. The summed E-state index contributed by atoms with van der Waals surface area (Å²) >= 11 is 0. The Hall–Kier alpha value is -6.31. The number of furan rings is 1. The van der Waals surface area contributed by atoms with Crippen LogP contribution in [-0.2, 0) is 6.42 Å². The summed E-state index contributed by atoms with van der Waals surface area (Å²) in [6.07, 6.45) is 4.09. The highest BCUT2D eigenvalue weighted by Gasteiger charge is 2.21. The molecule has 220 valence electrons. The molecule has 9 aromatic rings. The molecule has 0 bridgehead atoms. The number of aryl methyl sites for hydroxylation is 1. The van der Waals surface area contributed by atoms with Gasteiger partial charge in [-0.15, -0.1) is 0 Å². The van der Waals surface area contributed by atoms with Crippen LogP contribution < -0.4 is 0 Å². The minimum absolute atomic E-state index is 0.660. The molecule has 0 atom stereocenters. The molecule has 1 aliphatic rings. The number of nitrogens with zero attached hydrogens (tertiary/aromatic N) is 3. The number of fused-ring (bicyclic) bond motifs is 9. The Labute approximate surface area is 270 Å². The minimum Gasteiger partial charge on any atom is -0.460 e. The molecule has 0 saturated heterocycles. The first kappa shape index (κ1) is 26.0. The molecule has 6 aromatic carbocycles. The largest absolute Gasteiger partial charge is 0.460 e. The average Bonchev–Trinajstić information content (AvgIpc) is 3.78. The Morgan fingerprint density at radius 2 is 1.17 bits per heavy atom. The van der Waals surface area contributed by atoms with Crippen LogP contribution in [0.15, 0.2) is 138 Å².